The summed E-state index contributed by atoms with van der Waals surface area (Å²) in [6.07, 6.45) is -0.672. The van der Waals surface area contributed by atoms with Gasteiger partial charge in [0, 0.05) is 67.6 Å². The molecule has 0 bridgehead atoms. The second-order valence-corrected chi connectivity index (χ2v) is 11.4. The predicted molar refractivity (Wildman–Crippen MR) is 148 cm³/mol. The van der Waals surface area contributed by atoms with Gasteiger partial charge in [-0.15, -0.1) is 5.10 Å². The van der Waals surface area contributed by atoms with E-state index in [1.165, 1.54) is 4.90 Å². The van der Waals surface area contributed by atoms with Crippen molar-refractivity contribution in [3.63, 3.8) is 0 Å². The molecule has 0 radical (unpaired) electrons. The highest BCUT2D eigenvalue weighted by Crippen LogP contribution is 2.39. The van der Waals surface area contributed by atoms with E-state index in [4.69, 9.17) is 0 Å². The van der Waals surface area contributed by atoms with Crippen molar-refractivity contribution >= 4 is 34.7 Å². The maximum absolute atomic E-state index is 12.9. The molecular weight excluding hydrogens is 535 g/mol. The third-order valence-corrected chi connectivity index (χ3v) is 8.25. The first-order valence-corrected chi connectivity index (χ1v) is 13.8. The van der Waals surface area contributed by atoms with Gasteiger partial charge < -0.3 is 20.0 Å². The largest absolute Gasteiger partial charge is 0.389 e. The lowest BCUT2D eigenvalue weighted by Crippen LogP contribution is -2.59. The highest BCUT2D eigenvalue weighted by molar-refractivity contribution is 5.95. The van der Waals surface area contributed by atoms with Crippen LogP contribution in [0.1, 0.15) is 41.6 Å². The Hall–Kier alpha value is -3.93. The van der Waals surface area contributed by atoms with E-state index >= 15 is 0 Å². The van der Waals surface area contributed by atoms with E-state index in [2.05, 4.69) is 27.3 Å². The van der Waals surface area contributed by atoms with Crippen LogP contribution in [0.15, 0.2) is 48.7 Å². The van der Waals surface area contributed by atoms with E-state index in [9.17, 15) is 22.8 Å². The van der Waals surface area contributed by atoms with E-state index in [1.54, 1.807) is 10.7 Å². The third kappa shape index (κ3) is 5.79. The van der Waals surface area contributed by atoms with Crippen LogP contribution in [0.4, 0.5) is 24.8 Å². The molecular formula is C29H32F3N7O2. The first-order valence-electron chi connectivity index (χ1n) is 13.8. The quantitative estimate of drug-likeness (QED) is 0.481. The Kier molecular flexibility index (Phi) is 6.96. The molecule has 3 aromatic rings. The molecule has 1 spiro atoms. The van der Waals surface area contributed by atoms with Gasteiger partial charge in [-0.2, -0.15) is 18.2 Å². The number of rotatable bonds is 6. The van der Waals surface area contributed by atoms with Crippen molar-refractivity contribution in [1.29, 1.82) is 0 Å². The van der Waals surface area contributed by atoms with Gasteiger partial charge in [0.05, 0.1) is 6.42 Å². The summed E-state index contributed by atoms with van der Waals surface area (Å²) in [5.41, 5.74) is 4.12. The molecule has 2 saturated heterocycles. The zero-order valence-corrected chi connectivity index (χ0v) is 22.8. The molecule has 0 unspecified atom stereocenters. The van der Waals surface area contributed by atoms with Crippen LogP contribution < -0.4 is 5.32 Å². The number of hydrogen-bond acceptors (Lipinski definition) is 6. The zero-order valence-electron chi connectivity index (χ0n) is 22.8. The van der Waals surface area contributed by atoms with E-state index in [0.717, 1.165) is 49.4 Å². The molecule has 2 aromatic heterocycles. The number of aromatic nitrogens is 3. The smallest absolute Gasteiger partial charge is 0.339 e. The number of anilines is 2. The molecule has 3 aliphatic heterocycles. The standard InChI is InChI=1S/C29H32F3N7O2/c1-36-16-12-28(17-36)18-38(19-28)26(41)21-4-6-22(7-5-21)33-27-34-25-23(3-2-13-39(25)35-27)20-9-14-37(15-10-20)24(40)8-11-29(30,31)32/h2-7,9,13H,8,10-12,14-19H2,1H3,(H,33,35). The van der Waals surface area contributed by atoms with Crippen LogP contribution in [0.2, 0.25) is 0 Å². The number of fused-ring (bicyclic) bond motifs is 1. The van der Waals surface area contributed by atoms with Crippen molar-refractivity contribution in [3.8, 4) is 0 Å². The van der Waals surface area contributed by atoms with Crippen LogP contribution in [-0.2, 0) is 4.79 Å². The summed E-state index contributed by atoms with van der Waals surface area (Å²) in [4.78, 5) is 35.5. The molecule has 2 fully saturated rings. The normalized spacial score (nSPS) is 19.0. The van der Waals surface area contributed by atoms with Gasteiger partial charge in [-0.05, 0) is 68.4 Å². The first-order chi connectivity index (χ1) is 19.6. The summed E-state index contributed by atoms with van der Waals surface area (Å²) in [5, 5.41) is 7.73. The average Bonchev–Trinajstić information content (AvgIpc) is 3.53. The Labute approximate surface area is 235 Å². The second kappa shape index (κ2) is 10.5. The van der Waals surface area contributed by atoms with Gasteiger partial charge in [0.1, 0.15) is 0 Å². The second-order valence-electron chi connectivity index (χ2n) is 11.4. The molecule has 5 heterocycles. The number of amides is 2. The fourth-order valence-corrected chi connectivity index (χ4v) is 6.09. The predicted octanol–water partition coefficient (Wildman–Crippen LogP) is 4.21. The number of pyridine rings is 1. The number of nitrogens with one attached hydrogen (secondary N) is 1. The fourth-order valence-electron chi connectivity index (χ4n) is 6.09. The summed E-state index contributed by atoms with van der Waals surface area (Å²) in [5.74, 6) is -0.0477. The van der Waals surface area contributed by atoms with Crippen LogP contribution in [0.3, 0.4) is 0 Å². The number of benzene rings is 1. The van der Waals surface area contributed by atoms with Crippen LogP contribution in [0.5, 0.6) is 0 Å². The summed E-state index contributed by atoms with van der Waals surface area (Å²) < 4.78 is 39.1. The van der Waals surface area contributed by atoms with Gasteiger partial charge in [-0.1, -0.05) is 6.08 Å². The van der Waals surface area contributed by atoms with Crippen molar-refractivity contribution in [2.45, 2.75) is 31.9 Å². The number of carbonyl (C=O) groups excluding carboxylic acids is 2. The maximum Gasteiger partial charge on any atom is 0.389 e. The lowest BCUT2D eigenvalue weighted by molar-refractivity contribution is -0.148. The first kappa shape index (κ1) is 27.3. The van der Waals surface area contributed by atoms with Crippen molar-refractivity contribution in [2.75, 3.05) is 51.6 Å². The summed E-state index contributed by atoms with van der Waals surface area (Å²) in [6.45, 7) is 4.37. The molecule has 216 valence electrons. The monoisotopic (exact) mass is 567 g/mol. The van der Waals surface area contributed by atoms with Crippen LogP contribution in [0.25, 0.3) is 11.2 Å². The molecule has 0 atom stereocenters. The number of halogens is 3. The average molecular weight is 568 g/mol. The van der Waals surface area contributed by atoms with Crippen molar-refractivity contribution in [1.82, 2.24) is 29.3 Å². The number of hydrogen-bond donors (Lipinski definition) is 1. The van der Waals surface area contributed by atoms with Crippen LogP contribution in [-0.4, -0.2) is 93.6 Å². The summed E-state index contributed by atoms with van der Waals surface area (Å²) >= 11 is 0. The molecule has 9 nitrogen and oxygen atoms in total. The van der Waals surface area contributed by atoms with Crippen molar-refractivity contribution < 1.29 is 22.8 Å². The molecule has 1 aromatic carbocycles. The minimum absolute atomic E-state index is 0.0496. The molecule has 1 N–H and O–H groups in total. The van der Waals surface area contributed by atoms with Gasteiger partial charge in [-0.3, -0.25) is 9.59 Å². The topological polar surface area (TPSA) is 86.1 Å². The lowest BCUT2D eigenvalue weighted by atomic mass is 9.79. The molecule has 2 amide bonds. The van der Waals surface area contributed by atoms with E-state index in [1.807, 2.05) is 47.4 Å². The maximum atomic E-state index is 12.9. The Bertz CT molecular complexity index is 1490. The van der Waals surface area contributed by atoms with Gasteiger partial charge in [0.25, 0.3) is 5.91 Å². The Morgan fingerprint density at radius 2 is 1.83 bits per heavy atom. The van der Waals surface area contributed by atoms with E-state index in [-0.39, 0.29) is 17.9 Å². The Morgan fingerprint density at radius 1 is 1.05 bits per heavy atom. The molecule has 3 aliphatic rings. The summed E-state index contributed by atoms with van der Waals surface area (Å²) in [7, 11) is 2.13. The van der Waals surface area contributed by atoms with Crippen LogP contribution >= 0.6 is 0 Å². The molecule has 0 saturated carbocycles. The highest BCUT2D eigenvalue weighted by Gasteiger charge is 2.48. The SMILES string of the molecule is CN1CCC2(C1)CN(C(=O)c1ccc(Nc3nc4c(C5=CCN(C(=O)CCC(F)(F)F)CC5)cccn4n3)cc1)C2. The van der Waals surface area contributed by atoms with E-state index in [0.29, 0.717) is 30.1 Å². The molecule has 12 heteroatoms. The van der Waals surface area contributed by atoms with E-state index < -0.39 is 24.9 Å². The lowest BCUT2D eigenvalue weighted by Gasteiger charge is -2.48. The van der Waals surface area contributed by atoms with Gasteiger partial charge in [-0.25, -0.2) is 4.52 Å². The van der Waals surface area contributed by atoms with Gasteiger partial charge in [0.2, 0.25) is 11.9 Å². The van der Waals surface area contributed by atoms with Crippen molar-refractivity contribution in [3.05, 3.63) is 59.8 Å². The summed E-state index contributed by atoms with van der Waals surface area (Å²) in [6, 6.07) is 11.1. The number of likely N-dealkylation sites (tertiary alicyclic amines) is 2. The fraction of sp³-hybridized carbons (Fsp3) is 0.448. The Balaban J connectivity index is 1.09. The van der Waals surface area contributed by atoms with Crippen LogP contribution in [0, 0.1) is 5.41 Å². The zero-order chi connectivity index (χ0) is 28.8. The van der Waals surface area contributed by atoms with Gasteiger partial charge >= 0.3 is 6.18 Å². The molecule has 6 rings (SSSR count). The number of nitrogens with zero attached hydrogens (tertiary/aromatic N) is 6. The molecule has 0 aliphatic carbocycles. The third-order valence-electron chi connectivity index (χ3n) is 8.25. The molecule has 41 heavy (non-hydrogen) atoms. The number of carbonyl (C=O) groups is 2. The highest BCUT2D eigenvalue weighted by atomic mass is 19.4. The Morgan fingerprint density at radius 3 is 2.49 bits per heavy atom. The minimum Gasteiger partial charge on any atom is -0.339 e. The van der Waals surface area contributed by atoms with Gasteiger partial charge in [0.15, 0.2) is 5.65 Å². The minimum atomic E-state index is -4.34. The number of alkyl halides is 3. The van der Waals surface area contributed by atoms with Crippen molar-refractivity contribution in [2.24, 2.45) is 5.41 Å².